The molecule has 4 aromatic heterocycles. The minimum absolute atomic E-state index is 0.224. The van der Waals surface area contributed by atoms with Crippen molar-refractivity contribution in [2.45, 2.75) is 66.1 Å². The molecule has 5 aromatic carbocycles. The highest BCUT2D eigenvalue weighted by Gasteiger charge is 2.28. The predicted molar refractivity (Wildman–Crippen MR) is 239 cm³/mol. The van der Waals surface area contributed by atoms with Crippen LogP contribution in [0.5, 0.6) is 0 Å². The van der Waals surface area contributed by atoms with E-state index in [1.807, 2.05) is 12.1 Å². The first-order chi connectivity index (χ1) is 27.3. The molecule has 0 atom stereocenters. The Morgan fingerprint density at radius 3 is 1.88 bits per heavy atom. The zero-order valence-electron chi connectivity index (χ0n) is 34.3. The molecule has 57 heavy (non-hydrogen) atoms. The number of para-hydroxylation sites is 1. The highest BCUT2D eigenvalue weighted by atomic mass is 28.3. The summed E-state index contributed by atoms with van der Waals surface area (Å²) in [6, 6.07) is 40.2. The lowest BCUT2D eigenvalue weighted by molar-refractivity contribution is -0.659. The van der Waals surface area contributed by atoms with Crippen LogP contribution in [-0.4, -0.2) is 17.6 Å². The SMILES string of the molecule is Cc1ccc2c(oc3nc([Si](C)(C)C)ccc32)c1-c1cc2c(c[n+]1C)c1ccccc1n2-c1c(C(C)C)cc(-c2ccc(-c3ccc(F)cc3)cc2)cc1C(C)C. The molecule has 0 aliphatic rings. The Morgan fingerprint density at radius 2 is 1.25 bits per heavy atom. The molecule has 0 unspecified atom stereocenters. The van der Waals surface area contributed by atoms with E-state index in [2.05, 4.69) is 168 Å². The largest absolute Gasteiger partial charge is 0.437 e. The molecular formula is C51H49FN3OSi+. The Balaban J connectivity index is 1.28. The van der Waals surface area contributed by atoms with E-state index in [1.54, 1.807) is 0 Å². The van der Waals surface area contributed by atoms with Gasteiger partial charge in [-0.05, 0) is 100 Å². The van der Waals surface area contributed by atoms with Crippen LogP contribution in [-0.2, 0) is 7.05 Å². The first-order valence-electron chi connectivity index (χ1n) is 20.1. The summed E-state index contributed by atoms with van der Waals surface area (Å²) in [6.07, 6.45) is 2.30. The Labute approximate surface area is 335 Å². The first-order valence-corrected chi connectivity index (χ1v) is 23.6. The number of aromatic nitrogens is 3. The quantitative estimate of drug-likeness (QED) is 0.120. The van der Waals surface area contributed by atoms with Crippen molar-refractivity contribution in [3.05, 3.63) is 144 Å². The maximum absolute atomic E-state index is 13.7. The zero-order valence-corrected chi connectivity index (χ0v) is 35.3. The number of halogens is 1. The summed E-state index contributed by atoms with van der Waals surface area (Å²) in [5, 5.41) is 5.73. The number of hydrogen-bond acceptors (Lipinski definition) is 2. The number of fused-ring (bicyclic) bond motifs is 6. The maximum atomic E-state index is 13.7. The molecule has 0 aliphatic carbocycles. The summed E-state index contributed by atoms with van der Waals surface area (Å²) in [6.45, 7) is 18.4. The smallest absolute Gasteiger partial charge is 0.227 e. The second-order valence-electron chi connectivity index (χ2n) is 17.4. The molecule has 9 rings (SSSR count). The van der Waals surface area contributed by atoms with Gasteiger partial charge in [-0.2, -0.15) is 0 Å². The van der Waals surface area contributed by atoms with Crippen molar-refractivity contribution >= 4 is 57.3 Å². The van der Waals surface area contributed by atoms with Crippen LogP contribution in [0.25, 0.3) is 83.1 Å². The summed E-state index contributed by atoms with van der Waals surface area (Å²) in [5.41, 5.74) is 15.6. The second-order valence-corrected chi connectivity index (χ2v) is 22.4. The highest BCUT2D eigenvalue weighted by Crippen LogP contribution is 2.43. The van der Waals surface area contributed by atoms with Gasteiger partial charge in [0.25, 0.3) is 0 Å². The van der Waals surface area contributed by atoms with Crippen LogP contribution in [0.2, 0.25) is 19.6 Å². The van der Waals surface area contributed by atoms with Crippen LogP contribution in [0.15, 0.2) is 126 Å². The fourth-order valence-corrected chi connectivity index (χ4v) is 9.60. The van der Waals surface area contributed by atoms with E-state index in [0.29, 0.717) is 5.71 Å². The average molecular weight is 767 g/mol. The van der Waals surface area contributed by atoms with Crippen molar-refractivity contribution in [1.82, 2.24) is 9.55 Å². The third-order valence-corrected chi connectivity index (χ3v) is 13.5. The molecule has 0 fully saturated rings. The second kappa shape index (κ2) is 13.7. The van der Waals surface area contributed by atoms with E-state index in [4.69, 9.17) is 9.40 Å². The number of rotatable bonds is 7. The van der Waals surface area contributed by atoms with Crippen LogP contribution in [0, 0.1) is 12.7 Å². The van der Waals surface area contributed by atoms with E-state index in [0.717, 1.165) is 60.7 Å². The van der Waals surface area contributed by atoms with Crippen molar-refractivity contribution in [2.75, 3.05) is 0 Å². The number of nitrogens with zero attached hydrogens (tertiary/aromatic N) is 3. The molecule has 0 saturated heterocycles. The van der Waals surface area contributed by atoms with Crippen molar-refractivity contribution in [3.63, 3.8) is 0 Å². The molecule has 0 saturated carbocycles. The van der Waals surface area contributed by atoms with E-state index in [1.165, 1.54) is 50.8 Å². The minimum atomic E-state index is -1.64. The molecule has 6 heteroatoms. The van der Waals surface area contributed by atoms with Gasteiger partial charge in [0.2, 0.25) is 11.4 Å². The van der Waals surface area contributed by atoms with Crippen LogP contribution in [0.4, 0.5) is 4.39 Å². The zero-order chi connectivity index (χ0) is 39.9. The number of pyridine rings is 2. The molecule has 0 radical (unpaired) electrons. The van der Waals surface area contributed by atoms with Gasteiger partial charge in [-0.15, -0.1) is 0 Å². The molecule has 0 aliphatic heterocycles. The first kappa shape index (κ1) is 36.8. The minimum Gasteiger partial charge on any atom is -0.437 e. The third-order valence-electron chi connectivity index (χ3n) is 11.7. The van der Waals surface area contributed by atoms with E-state index < -0.39 is 8.07 Å². The molecule has 0 spiro atoms. The van der Waals surface area contributed by atoms with Gasteiger partial charge in [0.05, 0.1) is 27.7 Å². The van der Waals surface area contributed by atoms with Gasteiger partial charge in [0.15, 0.2) is 11.8 Å². The fourth-order valence-electron chi connectivity index (χ4n) is 8.58. The normalized spacial score (nSPS) is 12.4. The molecule has 0 bridgehead atoms. The lowest BCUT2D eigenvalue weighted by Crippen LogP contribution is -2.39. The molecule has 0 amide bonds. The van der Waals surface area contributed by atoms with Crippen molar-refractivity contribution in [3.8, 4) is 39.2 Å². The van der Waals surface area contributed by atoms with Crippen molar-refractivity contribution in [2.24, 2.45) is 7.05 Å². The molecule has 0 N–H and O–H groups in total. The van der Waals surface area contributed by atoms with Crippen LogP contribution < -0.4 is 9.88 Å². The maximum Gasteiger partial charge on any atom is 0.227 e. The summed E-state index contributed by atoms with van der Waals surface area (Å²) >= 11 is 0. The molecule has 284 valence electrons. The lowest BCUT2D eigenvalue weighted by Gasteiger charge is -2.24. The van der Waals surface area contributed by atoms with E-state index in [9.17, 15) is 4.39 Å². The highest BCUT2D eigenvalue weighted by molar-refractivity contribution is 6.88. The van der Waals surface area contributed by atoms with Gasteiger partial charge in [0.1, 0.15) is 20.9 Å². The number of furan rings is 1. The molecular weight excluding hydrogens is 718 g/mol. The van der Waals surface area contributed by atoms with Crippen molar-refractivity contribution in [1.29, 1.82) is 0 Å². The van der Waals surface area contributed by atoms with E-state index in [-0.39, 0.29) is 17.7 Å². The number of hydrogen-bond donors (Lipinski definition) is 0. The summed E-state index contributed by atoms with van der Waals surface area (Å²) < 4.78 is 25.2. The number of benzene rings is 5. The summed E-state index contributed by atoms with van der Waals surface area (Å²) in [4.78, 5) is 5.08. The molecule has 9 aromatic rings. The average Bonchev–Trinajstić information content (AvgIpc) is 3.71. The van der Waals surface area contributed by atoms with Crippen molar-refractivity contribution < 1.29 is 13.4 Å². The summed E-state index contributed by atoms with van der Waals surface area (Å²) in [7, 11) is 0.515. The Bertz CT molecular complexity index is 2990. The van der Waals surface area contributed by atoms with E-state index >= 15 is 0 Å². The fraction of sp³-hybridized carbons (Fsp3) is 0.216. The van der Waals surface area contributed by atoms with Gasteiger partial charge in [0, 0.05) is 27.5 Å². The molecule has 4 heterocycles. The van der Waals surface area contributed by atoms with Crippen LogP contribution in [0.1, 0.15) is 56.2 Å². The lowest BCUT2D eigenvalue weighted by atomic mass is 9.87. The van der Waals surface area contributed by atoms with Gasteiger partial charge in [-0.3, -0.25) is 0 Å². The Kier molecular flexibility index (Phi) is 8.81. The Morgan fingerprint density at radius 1 is 0.649 bits per heavy atom. The van der Waals surface area contributed by atoms with Crippen LogP contribution in [0.3, 0.4) is 0 Å². The van der Waals surface area contributed by atoms with Gasteiger partial charge < -0.3 is 8.98 Å². The van der Waals surface area contributed by atoms with Gasteiger partial charge >= 0.3 is 0 Å². The standard InChI is InChI=1S/C51H49FN3OSi/c1-30(2)41-26-36(35-17-15-33(16-18-35)34-19-21-37(52)22-20-34)27-42(31(3)4)49(41)55-44-13-11-10-12-38(44)43-29-54(6)46(28-45(43)55)48-32(5)14-23-39-40-24-25-47(57(7,8)9)53-51(40)56-50(39)48/h10-31H,1-9H3/q+1. The monoisotopic (exact) mass is 766 g/mol. The Hall–Kier alpha value is -5.85. The third kappa shape index (κ3) is 6.18. The molecule has 4 nitrogen and oxygen atoms in total. The summed E-state index contributed by atoms with van der Waals surface area (Å²) in [5.74, 6) is 0.288. The van der Waals surface area contributed by atoms with Gasteiger partial charge in [-0.1, -0.05) is 114 Å². The predicted octanol–water partition coefficient (Wildman–Crippen LogP) is 13.1. The number of aryl methyl sites for hydroxylation is 2. The van der Waals surface area contributed by atoms with Gasteiger partial charge in [-0.25, -0.2) is 13.9 Å². The topological polar surface area (TPSA) is 34.8 Å². The van der Waals surface area contributed by atoms with Crippen LogP contribution >= 0.6 is 0 Å².